The third-order valence-corrected chi connectivity index (χ3v) is 4.25. The van der Waals surface area contributed by atoms with Crippen LogP contribution >= 0.6 is 23.3 Å². The first-order valence-electron chi connectivity index (χ1n) is 6.25. The van der Waals surface area contributed by atoms with Gasteiger partial charge in [0.15, 0.2) is 15.9 Å². The van der Waals surface area contributed by atoms with E-state index in [1.165, 1.54) is 29.4 Å². The van der Waals surface area contributed by atoms with E-state index in [-0.39, 0.29) is 11.9 Å². The molecule has 0 fully saturated rings. The van der Waals surface area contributed by atoms with E-state index >= 15 is 0 Å². The van der Waals surface area contributed by atoms with E-state index in [0.717, 1.165) is 21.5 Å². The molecule has 0 amide bonds. The molecule has 0 saturated heterocycles. The molecule has 0 spiro atoms. The van der Waals surface area contributed by atoms with Crippen molar-refractivity contribution in [1.29, 1.82) is 0 Å². The summed E-state index contributed by atoms with van der Waals surface area (Å²) >= 11 is 2.69. The average Bonchev–Trinajstić information content (AvgIpc) is 2.82. The van der Waals surface area contributed by atoms with Crippen LogP contribution in [0.4, 0.5) is 10.1 Å². The number of halogens is 1. The highest BCUT2D eigenvalue weighted by molar-refractivity contribution is 8.01. The van der Waals surface area contributed by atoms with Crippen molar-refractivity contribution >= 4 is 29.0 Å². The van der Waals surface area contributed by atoms with Gasteiger partial charge in [-0.05, 0) is 31.4 Å². The van der Waals surface area contributed by atoms with Crippen LogP contribution in [0.15, 0.2) is 21.4 Å². The van der Waals surface area contributed by atoms with Gasteiger partial charge in [0.2, 0.25) is 0 Å². The minimum Gasteiger partial charge on any atom is -0.488 e. The summed E-state index contributed by atoms with van der Waals surface area (Å²) in [6.45, 7) is 5.69. The number of anilines is 1. The second kappa shape index (κ2) is 6.41. The second-order valence-corrected chi connectivity index (χ2v) is 6.46. The largest absolute Gasteiger partial charge is 0.488 e. The van der Waals surface area contributed by atoms with Crippen LogP contribution in [-0.4, -0.2) is 15.5 Å². The van der Waals surface area contributed by atoms with Crippen LogP contribution in [0.2, 0.25) is 0 Å². The number of nitrogens with zero attached hydrogens (tertiary/aromatic N) is 2. The summed E-state index contributed by atoms with van der Waals surface area (Å²) in [6, 6.07) is 2.89. The number of ether oxygens (including phenoxy) is 1. The summed E-state index contributed by atoms with van der Waals surface area (Å²) in [5.41, 5.74) is 6.22. The molecular formula is C13H16FN3OS2. The van der Waals surface area contributed by atoms with Gasteiger partial charge >= 0.3 is 0 Å². The van der Waals surface area contributed by atoms with Crippen molar-refractivity contribution in [3.05, 3.63) is 23.8 Å². The summed E-state index contributed by atoms with van der Waals surface area (Å²) in [5.74, 6) is 0.556. The molecule has 0 aliphatic heterocycles. The maximum atomic E-state index is 13.7. The average molecular weight is 313 g/mol. The van der Waals surface area contributed by atoms with Gasteiger partial charge < -0.3 is 10.5 Å². The molecule has 0 atom stereocenters. The zero-order chi connectivity index (χ0) is 14.7. The Morgan fingerprint density at radius 2 is 2.20 bits per heavy atom. The van der Waals surface area contributed by atoms with Gasteiger partial charge in [-0.2, -0.15) is 4.37 Å². The highest BCUT2D eigenvalue weighted by Crippen LogP contribution is 2.37. The van der Waals surface area contributed by atoms with Crippen molar-refractivity contribution in [3.63, 3.8) is 0 Å². The van der Waals surface area contributed by atoms with E-state index in [4.69, 9.17) is 10.5 Å². The summed E-state index contributed by atoms with van der Waals surface area (Å²) in [4.78, 5) is 5.08. The first-order chi connectivity index (χ1) is 9.49. The number of aryl methyl sites for hydroxylation is 1. The molecule has 2 aromatic rings. The van der Waals surface area contributed by atoms with Crippen LogP contribution in [0.1, 0.15) is 26.6 Å². The number of rotatable bonds is 5. The number of hydrogen-bond acceptors (Lipinski definition) is 6. The third kappa shape index (κ3) is 3.61. The lowest BCUT2D eigenvalue weighted by Gasteiger charge is -2.13. The van der Waals surface area contributed by atoms with Gasteiger partial charge in [0.25, 0.3) is 0 Å². The van der Waals surface area contributed by atoms with Gasteiger partial charge in [0, 0.05) is 23.1 Å². The Morgan fingerprint density at radius 3 is 2.80 bits per heavy atom. The molecule has 20 heavy (non-hydrogen) atoms. The van der Waals surface area contributed by atoms with E-state index in [0.29, 0.717) is 5.69 Å². The van der Waals surface area contributed by atoms with Crippen molar-refractivity contribution in [3.8, 4) is 5.75 Å². The maximum absolute atomic E-state index is 13.7. The van der Waals surface area contributed by atoms with Crippen molar-refractivity contribution in [1.82, 2.24) is 9.36 Å². The normalized spacial score (nSPS) is 11.1. The zero-order valence-electron chi connectivity index (χ0n) is 11.5. The van der Waals surface area contributed by atoms with Gasteiger partial charge in [-0.3, -0.25) is 0 Å². The van der Waals surface area contributed by atoms with Gasteiger partial charge in [-0.25, -0.2) is 9.37 Å². The molecule has 1 aromatic carbocycles. The van der Waals surface area contributed by atoms with Gasteiger partial charge in [0.1, 0.15) is 5.82 Å². The minimum absolute atomic E-state index is 0.0980. The quantitative estimate of drug-likeness (QED) is 0.852. The minimum atomic E-state index is -0.452. The molecule has 0 aliphatic carbocycles. The summed E-state index contributed by atoms with van der Waals surface area (Å²) in [5, 5.41) is 0. The van der Waals surface area contributed by atoms with Gasteiger partial charge in [-0.15, -0.1) is 0 Å². The first kappa shape index (κ1) is 15.1. The van der Waals surface area contributed by atoms with E-state index in [1.807, 2.05) is 20.8 Å². The van der Waals surface area contributed by atoms with Gasteiger partial charge in [0.05, 0.1) is 6.10 Å². The number of nitrogen functional groups attached to an aromatic ring is 1. The lowest BCUT2D eigenvalue weighted by Crippen LogP contribution is -2.07. The van der Waals surface area contributed by atoms with E-state index in [1.54, 1.807) is 6.07 Å². The van der Waals surface area contributed by atoms with Crippen LogP contribution in [0.3, 0.4) is 0 Å². The molecule has 0 radical (unpaired) electrons. The molecule has 2 N–H and O–H groups in total. The fraction of sp³-hybridized carbons (Fsp3) is 0.385. The Hall–Kier alpha value is -1.34. The predicted molar refractivity (Wildman–Crippen MR) is 80.0 cm³/mol. The molecule has 0 unspecified atom stereocenters. The summed E-state index contributed by atoms with van der Waals surface area (Å²) in [6.07, 6.45) is 0.691. The maximum Gasteiger partial charge on any atom is 0.174 e. The predicted octanol–water partition coefficient (Wildman–Crippen LogP) is 3.76. The lowest BCUT2D eigenvalue weighted by atomic mass is 10.3. The SMILES string of the molecule is CCc1nsc(Sc2cc(OC(C)C)c(F)cc2N)n1. The molecule has 4 nitrogen and oxygen atoms in total. The van der Waals surface area contributed by atoms with Gasteiger partial charge in [-0.1, -0.05) is 18.7 Å². The highest BCUT2D eigenvalue weighted by atomic mass is 32.2. The Bertz CT molecular complexity index is 601. The number of hydrogen-bond donors (Lipinski definition) is 1. The second-order valence-electron chi connectivity index (χ2n) is 4.42. The standard InChI is InChI=1S/C13H16FN3OS2/c1-4-12-16-13(20-17-12)19-11-6-10(18-7(2)3)8(14)5-9(11)15/h5-7H,4,15H2,1-3H3. The summed E-state index contributed by atoms with van der Waals surface area (Å²) in [7, 11) is 0. The van der Waals surface area contributed by atoms with Crippen molar-refractivity contribution in [2.45, 2.75) is 42.5 Å². The summed E-state index contributed by atoms with van der Waals surface area (Å²) < 4.78 is 24.2. The first-order valence-corrected chi connectivity index (χ1v) is 7.84. The number of aromatic nitrogens is 2. The van der Waals surface area contributed by atoms with Crippen LogP contribution in [-0.2, 0) is 6.42 Å². The number of benzene rings is 1. The lowest BCUT2D eigenvalue weighted by molar-refractivity contribution is 0.230. The molecule has 0 aliphatic rings. The van der Waals surface area contributed by atoms with Crippen molar-refractivity contribution < 1.29 is 9.13 Å². The molecule has 7 heteroatoms. The van der Waals surface area contributed by atoms with Crippen molar-refractivity contribution in [2.75, 3.05) is 5.73 Å². The van der Waals surface area contributed by atoms with E-state index in [2.05, 4.69) is 9.36 Å². The van der Waals surface area contributed by atoms with Crippen LogP contribution in [0, 0.1) is 5.82 Å². The van der Waals surface area contributed by atoms with Crippen molar-refractivity contribution in [2.24, 2.45) is 0 Å². The molecule has 1 aromatic heterocycles. The molecule has 1 heterocycles. The molecule has 2 rings (SSSR count). The van der Waals surface area contributed by atoms with E-state index in [9.17, 15) is 4.39 Å². The van der Waals surface area contributed by atoms with Crippen LogP contribution in [0.25, 0.3) is 0 Å². The fourth-order valence-electron chi connectivity index (χ4n) is 1.50. The molecular weight excluding hydrogens is 297 g/mol. The fourth-order valence-corrected chi connectivity index (χ4v) is 3.21. The molecule has 0 saturated carbocycles. The Morgan fingerprint density at radius 1 is 1.45 bits per heavy atom. The monoisotopic (exact) mass is 313 g/mol. The smallest absolute Gasteiger partial charge is 0.174 e. The molecule has 0 bridgehead atoms. The van der Waals surface area contributed by atoms with Crippen LogP contribution in [0.5, 0.6) is 5.75 Å². The highest BCUT2D eigenvalue weighted by Gasteiger charge is 2.13. The Labute approximate surface area is 125 Å². The zero-order valence-corrected chi connectivity index (χ0v) is 13.1. The number of nitrogens with two attached hydrogens (primary N) is 1. The Kier molecular flexibility index (Phi) is 4.82. The van der Waals surface area contributed by atoms with E-state index < -0.39 is 5.82 Å². The Balaban J connectivity index is 2.26. The molecule has 108 valence electrons. The third-order valence-electron chi connectivity index (χ3n) is 2.39. The van der Waals surface area contributed by atoms with Crippen LogP contribution < -0.4 is 10.5 Å². The topological polar surface area (TPSA) is 61.0 Å².